The standard InChI is InChI=1S/C13H14ClF2N5/c1-3-7(2)17-12-19-11(14)20-13(21-12)18-10-5-8(15)4-9(16)6-10/h4-7H,3H2,1-2H3,(H2,17,18,19,20,21). The molecule has 1 atom stereocenters. The molecule has 2 N–H and O–H groups in total. The van der Waals surface area contributed by atoms with Crippen LogP contribution in [-0.2, 0) is 0 Å². The van der Waals surface area contributed by atoms with Gasteiger partial charge in [0.05, 0.1) is 0 Å². The molecule has 1 aromatic carbocycles. The second-order valence-corrected chi connectivity index (χ2v) is 4.83. The molecule has 2 aromatic rings. The fraction of sp³-hybridized carbons (Fsp3) is 0.308. The highest BCUT2D eigenvalue weighted by Gasteiger charge is 2.08. The van der Waals surface area contributed by atoms with Crippen molar-refractivity contribution in [1.82, 2.24) is 15.0 Å². The van der Waals surface area contributed by atoms with Gasteiger partial charge in [-0.1, -0.05) is 6.92 Å². The molecule has 0 aliphatic carbocycles. The zero-order valence-electron chi connectivity index (χ0n) is 11.5. The molecule has 0 saturated carbocycles. The fourth-order valence-corrected chi connectivity index (χ4v) is 1.71. The van der Waals surface area contributed by atoms with Crippen molar-refractivity contribution in [2.75, 3.05) is 10.6 Å². The number of hydrogen-bond donors (Lipinski definition) is 2. The monoisotopic (exact) mass is 313 g/mol. The second kappa shape index (κ2) is 6.62. The normalized spacial score (nSPS) is 12.0. The summed E-state index contributed by atoms with van der Waals surface area (Å²) >= 11 is 5.82. The van der Waals surface area contributed by atoms with E-state index in [4.69, 9.17) is 11.6 Å². The molecule has 0 saturated heterocycles. The number of aromatic nitrogens is 3. The zero-order valence-corrected chi connectivity index (χ0v) is 12.2. The van der Waals surface area contributed by atoms with Crippen molar-refractivity contribution in [3.05, 3.63) is 35.1 Å². The molecule has 0 aliphatic heterocycles. The van der Waals surface area contributed by atoms with Crippen molar-refractivity contribution in [1.29, 1.82) is 0 Å². The minimum absolute atomic E-state index is 0.0184. The van der Waals surface area contributed by atoms with Crippen LogP contribution in [0.25, 0.3) is 0 Å². The highest BCUT2D eigenvalue weighted by atomic mass is 35.5. The highest BCUT2D eigenvalue weighted by molar-refractivity contribution is 6.28. The van der Waals surface area contributed by atoms with Crippen LogP contribution in [0.3, 0.4) is 0 Å². The van der Waals surface area contributed by atoms with Crippen LogP contribution in [0.4, 0.5) is 26.4 Å². The average molecular weight is 314 g/mol. The Morgan fingerprint density at radius 3 is 2.33 bits per heavy atom. The van der Waals surface area contributed by atoms with E-state index in [1.54, 1.807) is 0 Å². The lowest BCUT2D eigenvalue weighted by Gasteiger charge is -2.12. The molecule has 0 radical (unpaired) electrons. The van der Waals surface area contributed by atoms with Gasteiger partial charge in [0.15, 0.2) is 0 Å². The van der Waals surface area contributed by atoms with Gasteiger partial charge in [0.25, 0.3) is 0 Å². The Morgan fingerprint density at radius 2 is 1.71 bits per heavy atom. The summed E-state index contributed by atoms with van der Waals surface area (Å²) in [5.74, 6) is -0.999. The third-order valence-corrected chi connectivity index (χ3v) is 2.88. The summed E-state index contributed by atoms with van der Waals surface area (Å²) < 4.78 is 26.3. The van der Waals surface area contributed by atoms with E-state index in [2.05, 4.69) is 25.6 Å². The molecular weight excluding hydrogens is 300 g/mol. The van der Waals surface area contributed by atoms with Crippen molar-refractivity contribution in [2.45, 2.75) is 26.3 Å². The summed E-state index contributed by atoms with van der Waals surface area (Å²) in [6, 6.07) is 3.19. The maximum atomic E-state index is 13.1. The van der Waals surface area contributed by atoms with E-state index in [-0.39, 0.29) is 23.0 Å². The van der Waals surface area contributed by atoms with E-state index in [0.717, 1.165) is 24.6 Å². The summed E-state index contributed by atoms with van der Waals surface area (Å²) in [6.45, 7) is 3.97. The lowest BCUT2D eigenvalue weighted by molar-refractivity contribution is 0.584. The van der Waals surface area contributed by atoms with Gasteiger partial charge in [0.2, 0.25) is 17.2 Å². The van der Waals surface area contributed by atoms with E-state index >= 15 is 0 Å². The first-order valence-corrected chi connectivity index (χ1v) is 6.75. The Balaban J connectivity index is 2.23. The molecule has 21 heavy (non-hydrogen) atoms. The summed E-state index contributed by atoms with van der Waals surface area (Å²) in [4.78, 5) is 11.9. The van der Waals surface area contributed by atoms with Gasteiger partial charge < -0.3 is 10.6 Å². The van der Waals surface area contributed by atoms with E-state index < -0.39 is 11.6 Å². The Kier molecular flexibility index (Phi) is 4.85. The number of nitrogens with one attached hydrogen (secondary N) is 2. The number of halogens is 3. The first-order valence-electron chi connectivity index (χ1n) is 6.37. The summed E-state index contributed by atoms with van der Waals surface area (Å²) in [7, 11) is 0. The largest absolute Gasteiger partial charge is 0.352 e. The number of anilines is 3. The van der Waals surface area contributed by atoms with Crippen LogP contribution in [0.2, 0.25) is 5.28 Å². The fourth-order valence-electron chi connectivity index (χ4n) is 1.55. The van der Waals surface area contributed by atoms with Crippen molar-refractivity contribution in [3.8, 4) is 0 Å². The molecule has 8 heteroatoms. The van der Waals surface area contributed by atoms with Crippen LogP contribution in [0, 0.1) is 11.6 Å². The van der Waals surface area contributed by atoms with Crippen LogP contribution in [-0.4, -0.2) is 21.0 Å². The van der Waals surface area contributed by atoms with E-state index in [0.29, 0.717) is 5.95 Å². The highest BCUT2D eigenvalue weighted by Crippen LogP contribution is 2.18. The molecule has 1 heterocycles. The molecule has 0 fully saturated rings. The van der Waals surface area contributed by atoms with Gasteiger partial charge in [-0.2, -0.15) is 15.0 Å². The zero-order chi connectivity index (χ0) is 15.4. The van der Waals surface area contributed by atoms with Gasteiger partial charge >= 0.3 is 0 Å². The molecule has 0 aliphatic rings. The Labute approximate surface area is 125 Å². The number of benzene rings is 1. The van der Waals surface area contributed by atoms with Gasteiger partial charge in [0.1, 0.15) is 11.6 Å². The van der Waals surface area contributed by atoms with Crippen molar-refractivity contribution in [2.24, 2.45) is 0 Å². The van der Waals surface area contributed by atoms with Gasteiger partial charge in [0, 0.05) is 17.8 Å². The van der Waals surface area contributed by atoms with Gasteiger partial charge in [-0.05, 0) is 37.1 Å². The lowest BCUT2D eigenvalue weighted by atomic mass is 10.3. The van der Waals surface area contributed by atoms with Crippen LogP contribution >= 0.6 is 11.6 Å². The maximum absolute atomic E-state index is 13.1. The molecular formula is C13H14ClF2N5. The van der Waals surface area contributed by atoms with E-state index in [1.807, 2.05) is 13.8 Å². The van der Waals surface area contributed by atoms with Gasteiger partial charge in [-0.3, -0.25) is 0 Å². The number of rotatable bonds is 5. The van der Waals surface area contributed by atoms with Crippen molar-refractivity contribution >= 4 is 29.2 Å². The van der Waals surface area contributed by atoms with E-state index in [9.17, 15) is 8.78 Å². The first-order chi connectivity index (χ1) is 9.96. The van der Waals surface area contributed by atoms with Crippen LogP contribution in [0.1, 0.15) is 20.3 Å². The Bertz CT molecular complexity index is 618. The summed E-state index contributed by atoms with van der Waals surface area (Å²) in [6.07, 6.45) is 0.876. The lowest BCUT2D eigenvalue weighted by Crippen LogP contribution is -2.16. The van der Waals surface area contributed by atoms with Crippen LogP contribution in [0.5, 0.6) is 0 Å². The minimum Gasteiger partial charge on any atom is -0.352 e. The van der Waals surface area contributed by atoms with Crippen LogP contribution < -0.4 is 10.6 Å². The second-order valence-electron chi connectivity index (χ2n) is 4.49. The molecule has 1 aromatic heterocycles. The van der Waals surface area contributed by atoms with Gasteiger partial charge in [-0.25, -0.2) is 8.78 Å². The average Bonchev–Trinajstić information content (AvgIpc) is 2.36. The topological polar surface area (TPSA) is 62.7 Å². The molecule has 112 valence electrons. The Morgan fingerprint density at radius 1 is 1.10 bits per heavy atom. The predicted molar refractivity (Wildman–Crippen MR) is 77.9 cm³/mol. The van der Waals surface area contributed by atoms with Crippen molar-refractivity contribution in [3.63, 3.8) is 0 Å². The third kappa shape index (κ3) is 4.49. The molecule has 0 bridgehead atoms. The minimum atomic E-state index is -0.699. The maximum Gasteiger partial charge on any atom is 0.233 e. The quantitative estimate of drug-likeness (QED) is 0.880. The molecule has 2 rings (SSSR count). The molecule has 0 amide bonds. The molecule has 5 nitrogen and oxygen atoms in total. The number of hydrogen-bond acceptors (Lipinski definition) is 5. The SMILES string of the molecule is CCC(C)Nc1nc(Cl)nc(Nc2cc(F)cc(F)c2)n1. The smallest absolute Gasteiger partial charge is 0.233 e. The van der Waals surface area contributed by atoms with Crippen molar-refractivity contribution < 1.29 is 8.78 Å². The van der Waals surface area contributed by atoms with E-state index in [1.165, 1.54) is 0 Å². The summed E-state index contributed by atoms with van der Waals surface area (Å²) in [5, 5.41) is 5.72. The predicted octanol–water partition coefficient (Wildman–Crippen LogP) is 3.76. The van der Waals surface area contributed by atoms with Crippen LogP contribution in [0.15, 0.2) is 18.2 Å². The third-order valence-electron chi connectivity index (χ3n) is 2.71. The molecule has 1 unspecified atom stereocenters. The number of nitrogens with zero attached hydrogens (tertiary/aromatic N) is 3. The first kappa shape index (κ1) is 15.4. The Hall–Kier alpha value is -2.02. The molecule has 0 spiro atoms. The summed E-state index contributed by atoms with van der Waals surface area (Å²) in [5.41, 5.74) is 0.184. The van der Waals surface area contributed by atoms with Gasteiger partial charge in [-0.15, -0.1) is 0 Å².